The smallest absolute Gasteiger partial charge is 0.253 e. The van der Waals surface area contributed by atoms with Gasteiger partial charge in [0.05, 0.1) is 0 Å². The second-order valence-corrected chi connectivity index (χ2v) is 8.45. The van der Waals surface area contributed by atoms with Crippen molar-refractivity contribution >= 4 is 5.91 Å². The number of nitrogens with zero attached hydrogens (tertiary/aromatic N) is 1. The number of phenolic OH excluding ortho intramolecular Hbond substituents is 1. The van der Waals surface area contributed by atoms with E-state index in [2.05, 4.69) is 18.2 Å². The number of aromatic hydroxyl groups is 1. The molecule has 2 bridgehead atoms. The highest BCUT2D eigenvalue weighted by Gasteiger charge is 2.20. The number of hydrogen-bond donors (Lipinski definition) is 1. The lowest BCUT2D eigenvalue weighted by Crippen LogP contribution is -2.34. The fourth-order valence-electron chi connectivity index (χ4n) is 4.56. The molecule has 5 nitrogen and oxygen atoms in total. The van der Waals surface area contributed by atoms with Crippen molar-refractivity contribution < 1.29 is 19.4 Å². The molecule has 0 atom stereocenters. The van der Waals surface area contributed by atoms with Gasteiger partial charge in [0.1, 0.15) is 5.75 Å². The average molecular weight is 430 g/mol. The Morgan fingerprint density at radius 2 is 1.50 bits per heavy atom. The molecule has 0 saturated heterocycles. The Labute approximate surface area is 188 Å². The van der Waals surface area contributed by atoms with E-state index in [0.29, 0.717) is 24.4 Å². The summed E-state index contributed by atoms with van der Waals surface area (Å²) in [6.07, 6.45) is 4.05. The van der Waals surface area contributed by atoms with Crippen LogP contribution in [-0.4, -0.2) is 35.8 Å². The molecule has 0 unspecified atom stereocenters. The minimum absolute atomic E-state index is 0.0605. The number of ether oxygens (including phenoxy) is 2. The van der Waals surface area contributed by atoms with Gasteiger partial charge in [-0.25, -0.2) is 0 Å². The molecule has 0 saturated carbocycles. The molecule has 5 heteroatoms. The first-order valence-corrected chi connectivity index (χ1v) is 11.2. The SMILES string of the molecule is O=C(c1ccccc1)N1CCCc2cc3c(cc2CCc2cc(ccc2O)CC1)OCO3. The van der Waals surface area contributed by atoms with Crippen molar-refractivity contribution in [1.29, 1.82) is 0 Å². The lowest BCUT2D eigenvalue weighted by atomic mass is 9.95. The maximum atomic E-state index is 13.2. The zero-order valence-electron chi connectivity index (χ0n) is 18.0. The molecule has 0 spiro atoms. The molecule has 1 amide bonds. The Hall–Kier alpha value is -3.47. The van der Waals surface area contributed by atoms with Crippen LogP contribution in [0.1, 0.15) is 39.0 Å². The van der Waals surface area contributed by atoms with Gasteiger partial charge in [0.15, 0.2) is 11.5 Å². The maximum absolute atomic E-state index is 13.2. The Kier molecular flexibility index (Phi) is 5.71. The van der Waals surface area contributed by atoms with Crippen LogP contribution in [-0.2, 0) is 25.7 Å². The van der Waals surface area contributed by atoms with E-state index in [0.717, 1.165) is 54.7 Å². The molecule has 2 aliphatic rings. The summed E-state index contributed by atoms with van der Waals surface area (Å²) < 4.78 is 11.2. The van der Waals surface area contributed by atoms with Crippen LogP contribution in [0.4, 0.5) is 0 Å². The van der Waals surface area contributed by atoms with Crippen molar-refractivity contribution in [2.45, 2.75) is 32.1 Å². The van der Waals surface area contributed by atoms with Gasteiger partial charge >= 0.3 is 0 Å². The number of fused-ring (bicyclic) bond motifs is 4. The third-order valence-electron chi connectivity index (χ3n) is 6.35. The van der Waals surface area contributed by atoms with E-state index >= 15 is 0 Å². The van der Waals surface area contributed by atoms with Crippen LogP contribution in [0.3, 0.4) is 0 Å². The van der Waals surface area contributed by atoms with Crippen LogP contribution in [0.5, 0.6) is 17.2 Å². The zero-order valence-corrected chi connectivity index (χ0v) is 18.0. The van der Waals surface area contributed by atoms with E-state index in [4.69, 9.17) is 9.47 Å². The summed E-state index contributed by atoms with van der Waals surface area (Å²) in [6.45, 7) is 1.58. The standard InChI is InChI=1S/C27H27NO4/c29-24-11-8-19-12-14-28(27(30)20-5-2-1-3-6-20)13-4-7-21-16-25-26(32-18-31-25)17-22(21)9-10-23(24)15-19/h1-3,5-6,8,11,15-17,29H,4,7,9-10,12-14,18H2. The van der Waals surface area contributed by atoms with Gasteiger partial charge in [0.25, 0.3) is 5.91 Å². The highest BCUT2D eigenvalue weighted by molar-refractivity contribution is 5.94. The normalized spacial score (nSPS) is 15.8. The van der Waals surface area contributed by atoms with Crippen LogP contribution < -0.4 is 9.47 Å². The van der Waals surface area contributed by atoms with Crippen molar-refractivity contribution in [3.63, 3.8) is 0 Å². The van der Waals surface area contributed by atoms with Crippen LogP contribution >= 0.6 is 0 Å². The summed E-state index contributed by atoms with van der Waals surface area (Å²) in [6, 6.07) is 19.4. The molecule has 0 fully saturated rings. The first-order chi connectivity index (χ1) is 15.7. The van der Waals surface area contributed by atoms with Gasteiger partial charge in [-0.3, -0.25) is 4.79 Å². The van der Waals surface area contributed by atoms with Crippen molar-refractivity contribution in [3.05, 3.63) is 88.5 Å². The largest absolute Gasteiger partial charge is 0.508 e. The molecule has 164 valence electrons. The van der Waals surface area contributed by atoms with E-state index < -0.39 is 0 Å². The van der Waals surface area contributed by atoms with Gasteiger partial charge < -0.3 is 19.5 Å². The predicted octanol–water partition coefficient (Wildman–Crippen LogP) is 4.54. The molecule has 2 aliphatic heterocycles. The second-order valence-electron chi connectivity index (χ2n) is 8.45. The van der Waals surface area contributed by atoms with Crippen LogP contribution in [0.2, 0.25) is 0 Å². The van der Waals surface area contributed by atoms with E-state index in [1.54, 1.807) is 6.07 Å². The number of phenols is 1. The zero-order chi connectivity index (χ0) is 21.9. The lowest BCUT2D eigenvalue weighted by molar-refractivity contribution is 0.0755. The van der Waals surface area contributed by atoms with E-state index in [1.807, 2.05) is 41.3 Å². The number of hydrogen-bond acceptors (Lipinski definition) is 4. The van der Waals surface area contributed by atoms with E-state index in [1.165, 1.54) is 11.1 Å². The Balaban J connectivity index is 1.47. The predicted molar refractivity (Wildman–Crippen MR) is 122 cm³/mol. The van der Waals surface area contributed by atoms with Crippen LogP contribution in [0.25, 0.3) is 0 Å². The molecular formula is C27H27NO4. The van der Waals surface area contributed by atoms with Gasteiger partial charge in [-0.1, -0.05) is 30.3 Å². The average Bonchev–Trinajstić information content (AvgIpc) is 3.28. The van der Waals surface area contributed by atoms with Gasteiger partial charge in [-0.2, -0.15) is 0 Å². The molecule has 3 aromatic rings. The van der Waals surface area contributed by atoms with Crippen molar-refractivity contribution in [2.24, 2.45) is 0 Å². The summed E-state index contributed by atoms with van der Waals surface area (Å²) in [5.41, 5.74) is 5.21. The van der Waals surface area contributed by atoms with E-state index in [-0.39, 0.29) is 12.7 Å². The molecule has 5 rings (SSSR count). The molecule has 0 radical (unpaired) electrons. The maximum Gasteiger partial charge on any atom is 0.253 e. The number of amides is 1. The molecular weight excluding hydrogens is 402 g/mol. The monoisotopic (exact) mass is 429 g/mol. The summed E-state index contributed by atoms with van der Waals surface area (Å²) in [4.78, 5) is 15.2. The highest BCUT2D eigenvalue weighted by atomic mass is 16.7. The highest BCUT2D eigenvalue weighted by Crippen LogP contribution is 2.36. The van der Waals surface area contributed by atoms with Gasteiger partial charge in [0.2, 0.25) is 6.79 Å². The summed E-state index contributed by atoms with van der Waals surface area (Å²) in [5.74, 6) is 1.95. The first-order valence-electron chi connectivity index (χ1n) is 11.2. The van der Waals surface area contributed by atoms with Crippen molar-refractivity contribution in [3.8, 4) is 17.2 Å². The van der Waals surface area contributed by atoms with Gasteiger partial charge in [-0.05, 0) is 84.7 Å². The number of rotatable bonds is 1. The number of carbonyl (C=O) groups is 1. The molecule has 1 N–H and O–H groups in total. The van der Waals surface area contributed by atoms with Crippen molar-refractivity contribution in [2.75, 3.05) is 19.9 Å². The summed E-state index contributed by atoms with van der Waals surface area (Å²) in [7, 11) is 0. The lowest BCUT2D eigenvalue weighted by Gasteiger charge is -2.23. The molecule has 3 aromatic carbocycles. The molecule has 0 aliphatic carbocycles. The summed E-state index contributed by atoms with van der Waals surface area (Å²) >= 11 is 0. The Bertz CT molecular complexity index is 1130. The number of carbonyl (C=O) groups excluding carboxylic acids is 1. The first kappa shape index (κ1) is 20.4. The quantitative estimate of drug-likeness (QED) is 0.617. The minimum Gasteiger partial charge on any atom is -0.508 e. The second kappa shape index (κ2) is 8.95. The van der Waals surface area contributed by atoms with Crippen molar-refractivity contribution in [1.82, 2.24) is 4.90 Å². The topological polar surface area (TPSA) is 59.0 Å². The van der Waals surface area contributed by atoms with E-state index in [9.17, 15) is 9.90 Å². The third kappa shape index (κ3) is 4.28. The number of benzene rings is 3. The Morgan fingerprint density at radius 1 is 0.781 bits per heavy atom. The molecule has 0 aromatic heterocycles. The van der Waals surface area contributed by atoms with Crippen LogP contribution in [0, 0.1) is 0 Å². The number of aryl methyl sites for hydroxylation is 3. The Morgan fingerprint density at radius 3 is 2.28 bits per heavy atom. The van der Waals surface area contributed by atoms with Crippen LogP contribution in [0.15, 0.2) is 60.7 Å². The fourth-order valence-corrected chi connectivity index (χ4v) is 4.56. The molecule has 32 heavy (non-hydrogen) atoms. The van der Waals surface area contributed by atoms with Gasteiger partial charge in [0, 0.05) is 18.7 Å². The summed E-state index contributed by atoms with van der Waals surface area (Å²) in [5, 5.41) is 10.4. The van der Waals surface area contributed by atoms with Gasteiger partial charge in [-0.15, -0.1) is 0 Å². The third-order valence-corrected chi connectivity index (χ3v) is 6.35. The minimum atomic E-state index is 0.0605. The molecule has 2 heterocycles. The fraction of sp³-hybridized carbons (Fsp3) is 0.296.